The van der Waals surface area contributed by atoms with E-state index in [4.69, 9.17) is 4.74 Å². The fraction of sp³-hybridized carbons (Fsp3) is 0.360. The van der Waals surface area contributed by atoms with E-state index in [1.807, 2.05) is 37.3 Å². The maximum Gasteiger partial charge on any atom is 0.259 e. The van der Waals surface area contributed by atoms with Gasteiger partial charge in [0.2, 0.25) is 0 Å². The molecule has 32 heavy (non-hydrogen) atoms. The van der Waals surface area contributed by atoms with E-state index in [1.54, 1.807) is 30.1 Å². The van der Waals surface area contributed by atoms with Crippen LogP contribution in [-0.4, -0.2) is 59.5 Å². The average Bonchev–Trinajstić information content (AvgIpc) is 2.83. The molecule has 1 atom stereocenters. The van der Waals surface area contributed by atoms with E-state index in [0.717, 1.165) is 37.4 Å². The zero-order valence-corrected chi connectivity index (χ0v) is 18.6. The first-order valence-electron chi connectivity index (χ1n) is 11.0. The van der Waals surface area contributed by atoms with E-state index in [9.17, 15) is 9.90 Å². The number of aromatic nitrogens is 2. The summed E-state index contributed by atoms with van der Waals surface area (Å²) in [5.41, 5.74) is 3.10. The summed E-state index contributed by atoms with van der Waals surface area (Å²) >= 11 is 0. The molecule has 1 aromatic carbocycles. The molecule has 0 amide bonds. The third-order valence-corrected chi connectivity index (χ3v) is 6.14. The Kier molecular flexibility index (Phi) is 6.87. The molecule has 0 saturated carbocycles. The molecule has 0 bridgehead atoms. The lowest BCUT2D eigenvalue weighted by Gasteiger charge is -2.40. The Morgan fingerprint density at radius 3 is 2.41 bits per heavy atom. The van der Waals surface area contributed by atoms with Gasteiger partial charge in [0.25, 0.3) is 5.56 Å². The molecule has 0 aliphatic carbocycles. The van der Waals surface area contributed by atoms with Crippen molar-refractivity contribution in [2.24, 2.45) is 0 Å². The Hall–Kier alpha value is -3.16. The van der Waals surface area contributed by atoms with E-state index in [2.05, 4.69) is 26.9 Å². The number of pyridine rings is 2. The molecule has 1 unspecified atom stereocenters. The van der Waals surface area contributed by atoms with Gasteiger partial charge >= 0.3 is 0 Å². The van der Waals surface area contributed by atoms with E-state index in [1.165, 1.54) is 5.69 Å². The number of para-hydroxylation sites is 1. The molecule has 7 nitrogen and oxygen atoms in total. The van der Waals surface area contributed by atoms with Gasteiger partial charge in [-0.1, -0.05) is 18.2 Å². The van der Waals surface area contributed by atoms with Gasteiger partial charge in [-0.3, -0.25) is 14.7 Å². The van der Waals surface area contributed by atoms with Gasteiger partial charge < -0.3 is 19.3 Å². The van der Waals surface area contributed by atoms with Gasteiger partial charge in [-0.25, -0.2) is 0 Å². The number of methoxy groups -OCH3 is 1. The standard InChI is InChI=1S/C25H30N4O3/c1-19-18-22(30)23(25(31)29(19)16-17-32-2)24(20-8-10-26-11-9-20)28-14-12-27(13-15-28)21-6-4-3-5-7-21/h3-11,18,24,30H,12-17H2,1-2H3. The minimum Gasteiger partial charge on any atom is -0.507 e. The lowest BCUT2D eigenvalue weighted by molar-refractivity contribution is 0.183. The van der Waals surface area contributed by atoms with Crippen molar-refractivity contribution in [2.75, 3.05) is 44.8 Å². The summed E-state index contributed by atoms with van der Waals surface area (Å²) in [6.07, 6.45) is 3.47. The van der Waals surface area contributed by atoms with Crippen molar-refractivity contribution in [1.82, 2.24) is 14.5 Å². The Morgan fingerprint density at radius 2 is 1.75 bits per heavy atom. The summed E-state index contributed by atoms with van der Waals surface area (Å²) in [6, 6.07) is 15.5. The second-order valence-corrected chi connectivity index (χ2v) is 8.08. The number of hydrogen-bond acceptors (Lipinski definition) is 6. The predicted molar refractivity (Wildman–Crippen MR) is 125 cm³/mol. The van der Waals surface area contributed by atoms with Crippen LogP contribution < -0.4 is 10.5 Å². The minimum absolute atomic E-state index is 0.0356. The molecule has 2 aromatic heterocycles. The van der Waals surface area contributed by atoms with Crippen molar-refractivity contribution < 1.29 is 9.84 Å². The van der Waals surface area contributed by atoms with Crippen LogP contribution in [0.25, 0.3) is 0 Å². The van der Waals surface area contributed by atoms with Crippen molar-refractivity contribution in [2.45, 2.75) is 19.5 Å². The van der Waals surface area contributed by atoms with Gasteiger partial charge in [-0.05, 0) is 42.8 Å². The van der Waals surface area contributed by atoms with Crippen molar-refractivity contribution in [1.29, 1.82) is 0 Å². The van der Waals surface area contributed by atoms with Crippen LogP contribution in [0.2, 0.25) is 0 Å². The zero-order valence-electron chi connectivity index (χ0n) is 18.6. The van der Waals surface area contributed by atoms with Crippen LogP contribution in [0.4, 0.5) is 5.69 Å². The molecule has 3 heterocycles. The molecule has 168 valence electrons. The number of aromatic hydroxyl groups is 1. The number of anilines is 1. The summed E-state index contributed by atoms with van der Waals surface area (Å²) in [6.45, 7) is 5.94. The number of piperazine rings is 1. The number of nitrogens with zero attached hydrogens (tertiary/aromatic N) is 4. The van der Waals surface area contributed by atoms with E-state index >= 15 is 0 Å². The molecule has 1 saturated heterocycles. The van der Waals surface area contributed by atoms with Crippen molar-refractivity contribution in [3.8, 4) is 5.75 Å². The van der Waals surface area contributed by atoms with Crippen LogP contribution in [-0.2, 0) is 11.3 Å². The summed E-state index contributed by atoms with van der Waals surface area (Å²) in [4.78, 5) is 22.3. The summed E-state index contributed by atoms with van der Waals surface area (Å²) < 4.78 is 6.88. The quantitative estimate of drug-likeness (QED) is 0.617. The fourth-order valence-corrected chi connectivity index (χ4v) is 4.47. The van der Waals surface area contributed by atoms with Gasteiger partial charge in [-0.2, -0.15) is 0 Å². The first-order valence-corrected chi connectivity index (χ1v) is 11.0. The molecule has 1 fully saturated rings. The lowest BCUT2D eigenvalue weighted by atomic mass is 9.96. The van der Waals surface area contributed by atoms with Crippen LogP contribution in [0.15, 0.2) is 65.7 Å². The summed E-state index contributed by atoms with van der Waals surface area (Å²) in [5.74, 6) is 0.0356. The predicted octanol–water partition coefficient (Wildman–Crippen LogP) is 2.82. The van der Waals surface area contributed by atoms with Gasteiger partial charge in [0.05, 0.1) is 18.2 Å². The Bertz CT molecular complexity index is 1080. The largest absolute Gasteiger partial charge is 0.507 e. The highest BCUT2D eigenvalue weighted by molar-refractivity contribution is 5.47. The van der Waals surface area contributed by atoms with E-state index in [0.29, 0.717) is 18.7 Å². The maximum atomic E-state index is 13.6. The van der Waals surface area contributed by atoms with Gasteiger partial charge in [0.15, 0.2) is 0 Å². The summed E-state index contributed by atoms with van der Waals surface area (Å²) in [5, 5.41) is 10.9. The second kappa shape index (κ2) is 9.97. The molecule has 7 heteroatoms. The molecule has 1 aliphatic rings. The Labute approximate surface area is 188 Å². The van der Waals surface area contributed by atoms with Crippen LogP contribution in [0.5, 0.6) is 5.75 Å². The number of hydrogen-bond donors (Lipinski definition) is 1. The highest BCUT2D eigenvalue weighted by Crippen LogP contribution is 2.33. The van der Waals surface area contributed by atoms with Crippen LogP contribution in [0.3, 0.4) is 0 Å². The monoisotopic (exact) mass is 434 g/mol. The van der Waals surface area contributed by atoms with Gasteiger partial charge in [-0.15, -0.1) is 0 Å². The van der Waals surface area contributed by atoms with Crippen LogP contribution in [0.1, 0.15) is 22.9 Å². The van der Waals surface area contributed by atoms with Crippen LogP contribution in [0, 0.1) is 6.92 Å². The molecule has 1 aliphatic heterocycles. The normalized spacial score (nSPS) is 15.6. The fourth-order valence-electron chi connectivity index (χ4n) is 4.47. The number of benzene rings is 1. The minimum atomic E-state index is -0.349. The van der Waals surface area contributed by atoms with Crippen LogP contribution >= 0.6 is 0 Å². The smallest absolute Gasteiger partial charge is 0.259 e. The summed E-state index contributed by atoms with van der Waals surface area (Å²) in [7, 11) is 1.62. The maximum absolute atomic E-state index is 13.6. The molecule has 0 radical (unpaired) electrons. The average molecular weight is 435 g/mol. The van der Waals surface area contributed by atoms with E-state index in [-0.39, 0.29) is 17.4 Å². The van der Waals surface area contributed by atoms with Crippen molar-refractivity contribution in [3.05, 3.63) is 88.1 Å². The Balaban J connectivity index is 1.70. The third-order valence-electron chi connectivity index (χ3n) is 6.14. The zero-order chi connectivity index (χ0) is 22.5. The number of ether oxygens (including phenoxy) is 1. The molecule has 1 N–H and O–H groups in total. The topological polar surface area (TPSA) is 70.8 Å². The number of aryl methyl sites for hydroxylation is 1. The highest BCUT2D eigenvalue weighted by atomic mass is 16.5. The van der Waals surface area contributed by atoms with Crippen molar-refractivity contribution in [3.63, 3.8) is 0 Å². The van der Waals surface area contributed by atoms with Gasteiger partial charge in [0.1, 0.15) is 5.75 Å². The van der Waals surface area contributed by atoms with E-state index < -0.39 is 0 Å². The first-order chi connectivity index (χ1) is 15.6. The second-order valence-electron chi connectivity index (χ2n) is 8.08. The van der Waals surface area contributed by atoms with Gasteiger partial charge in [0, 0.05) is 63.6 Å². The molecule has 0 spiro atoms. The first kappa shape index (κ1) is 22.0. The molecular weight excluding hydrogens is 404 g/mol. The highest BCUT2D eigenvalue weighted by Gasteiger charge is 2.31. The SMILES string of the molecule is COCCn1c(C)cc(O)c(C(c2ccncc2)N2CCN(c3ccccc3)CC2)c1=O. The Morgan fingerprint density at radius 1 is 1.06 bits per heavy atom. The molecule has 4 rings (SSSR count). The third kappa shape index (κ3) is 4.54. The van der Waals surface area contributed by atoms with Crippen molar-refractivity contribution >= 4 is 5.69 Å². The number of rotatable bonds is 7. The lowest BCUT2D eigenvalue weighted by Crippen LogP contribution is -2.49. The molecular formula is C25H30N4O3. The molecule has 3 aromatic rings.